The summed E-state index contributed by atoms with van der Waals surface area (Å²) in [6.45, 7) is 2.25. The first-order chi connectivity index (χ1) is 10.0. The minimum absolute atomic E-state index is 0.105. The van der Waals surface area contributed by atoms with Crippen molar-refractivity contribution in [2.75, 3.05) is 17.7 Å². The van der Waals surface area contributed by atoms with Crippen molar-refractivity contribution < 1.29 is 13.9 Å². The van der Waals surface area contributed by atoms with Crippen LogP contribution in [0.1, 0.15) is 17.3 Å². The molecular formula is C15H14ClFN2O2. The summed E-state index contributed by atoms with van der Waals surface area (Å²) >= 11 is 5.90. The van der Waals surface area contributed by atoms with Crippen LogP contribution in [0, 0.1) is 5.82 Å². The maximum Gasteiger partial charge on any atom is 0.258 e. The fraction of sp³-hybridized carbons (Fsp3) is 0.133. The predicted molar refractivity (Wildman–Crippen MR) is 81.4 cm³/mol. The first-order valence-electron chi connectivity index (χ1n) is 6.30. The Morgan fingerprint density at radius 3 is 2.76 bits per heavy atom. The van der Waals surface area contributed by atoms with E-state index in [1.54, 1.807) is 18.2 Å². The number of amides is 1. The Morgan fingerprint density at radius 1 is 1.33 bits per heavy atom. The Balaban J connectivity index is 2.28. The second-order valence-electron chi connectivity index (χ2n) is 4.27. The highest BCUT2D eigenvalue weighted by Crippen LogP contribution is 2.28. The highest BCUT2D eigenvalue weighted by Gasteiger charge is 2.14. The molecule has 0 unspecified atom stereocenters. The van der Waals surface area contributed by atoms with Gasteiger partial charge in [0.05, 0.1) is 17.9 Å². The van der Waals surface area contributed by atoms with Gasteiger partial charge in [-0.25, -0.2) is 4.39 Å². The number of nitrogens with one attached hydrogen (secondary N) is 1. The van der Waals surface area contributed by atoms with Crippen LogP contribution in [0.4, 0.5) is 15.8 Å². The van der Waals surface area contributed by atoms with Crippen LogP contribution >= 0.6 is 11.6 Å². The first kappa shape index (κ1) is 15.1. The number of nitrogen functional groups attached to an aromatic ring is 1. The van der Waals surface area contributed by atoms with E-state index in [0.29, 0.717) is 23.1 Å². The van der Waals surface area contributed by atoms with E-state index in [4.69, 9.17) is 22.1 Å². The molecule has 2 aromatic rings. The van der Waals surface area contributed by atoms with Gasteiger partial charge >= 0.3 is 0 Å². The van der Waals surface area contributed by atoms with Gasteiger partial charge in [-0.2, -0.15) is 0 Å². The highest BCUT2D eigenvalue weighted by atomic mass is 35.5. The number of carbonyl (C=O) groups is 1. The minimum atomic E-state index is -0.688. The maximum absolute atomic E-state index is 13.7. The number of hydrogen-bond acceptors (Lipinski definition) is 3. The van der Waals surface area contributed by atoms with Crippen molar-refractivity contribution in [1.82, 2.24) is 0 Å². The summed E-state index contributed by atoms with van der Waals surface area (Å²) in [5.74, 6) is -0.825. The lowest BCUT2D eigenvalue weighted by molar-refractivity contribution is 0.102. The summed E-state index contributed by atoms with van der Waals surface area (Å²) in [7, 11) is 0. The van der Waals surface area contributed by atoms with Crippen LogP contribution in [-0.2, 0) is 0 Å². The van der Waals surface area contributed by atoms with Gasteiger partial charge in [0.15, 0.2) is 0 Å². The molecule has 0 aliphatic carbocycles. The molecular weight excluding hydrogens is 295 g/mol. The molecule has 0 atom stereocenters. The van der Waals surface area contributed by atoms with Crippen LogP contribution in [0.5, 0.6) is 5.75 Å². The van der Waals surface area contributed by atoms with Gasteiger partial charge in [-0.05, 0) is 43.3 Å². The summed E-state index contributed by atoms with van der Waals surface area (Å²) in [6, 6.07) is 8.70. The van der Waals surface area contributed by atoms with E-state index >= 15 is 0 Å². The monoisotopic (exact) mass is 308 g/mol. The number of benzene rings is 2. The first-order valence-corrected chi connectivity index (χ1v) is 6.67. The molecule has 1 amide bonds. The molecule has 21 heavy (non-hydrogen) atoms. The minimum Gasteiger partial charge on any atom is -0.492 e. The number of rotatable bonds is 4. The van der Waals surface area contributed by atoms with E-state index in [2.05, 4.69) is 5.32 Å². The Labute approximate surface area is 126 Å². The summed E-state index contributed by atoms with van der Waals surface area (Å²) in [5.41, 5.74) is 5.98. The van der Waals surface area contributed by atoms with Gasteiger partial charge in [0.25, 0.3) is 5.91 Å². The van der Waals surface area contributed by atoms with Crippen molar-refractivity contribution in [1.29, 1.82) is 0 Å². The topological polar surface area (TPSA) is 64.3 Å². The lowest BCUT2D eigenvalue weighted by Crippen LogP contribution is -2.15. The molecule has 0 radical (unpaired) electrons. The van der Waals surface area contributed by atoms with Crippen LogP contribution in [0.3, 0.4) is 0 Å². The second-order valence-corrected chi connectivity index (χ2v) is 4.70. The average Bonchev–Trinajstić information content (AvgIpc) is 2.41. The van der Waals surface area contributed by atoms with Gasteiger partial charge in [0, 0.05) is 10.7 Å². The molecule has 0 spiro atoms. The quantitative estimate of drug-likeness (QED) is 0.846. The van der Waals surface area contributed by atoms with E-state index in [-0.39, 0.29) is 11.3 Å². The third-order valence-corrected chi connectivity index (χ3v) is 2.96. The largest absolute Gasteiger partial charge is 0.492 e. The molecule has 0 aromatic heterocycles. The fourth-order valence-electron chi connectivity index (χ4n) is 1.79. The number of ether oxygens (including phenoxy) is 1. The summed E-state index contributed by atoms with van der Waals surface area (Å²) in [6.07, 6.45) is 0. The smallest absolute Gasteiger partial charge is 0.258 e. The van der Waals surface area contributed by atoms with Crippen LogP contribution in [0.25, 0.3) is 0 Å². The van der Waals surface area contributed by atoms with Gasteiger partial charge in [0.1, 0.15) is 11.6 Å². The molecule has 0 fully saturated rings. The fourth-order valence-corrected chi connectivity index (χ4v) is 1.96. The zero-order valence-electron chi connectivity index (χ0n) is 11.3. The maximum atomic E-state index is 13.7. The Bertz CT molecular complexity index is 677. The number of carbonyl (C=O) groups excluding carboxylic acids is 1. The Hall–Kier alpha value is -2.27. The number of anilines is 2. The van der Waals surface area contributed by atoms with Crippen molar-refractivity contribution in [2.45, 2.75) is 6.92 Å². The Kier molecular flexibility index (Phi) is 4.65. The average molecular weight is 309 g/mol. The molecule has 3 N–H and O–H groups in total. The molecule has 4 nitrogen and oxygen atoms in total. The lowest BCUT2D eigenvalue weighted by Gasteiger charge is -2.12. The SMILES string of the molecule is CCOc1ccc(Cl)cc1NC(=O)c1ccc(N)cc1F. The third-order valence-electron chi connectivity index (χ3n) is 2.73. The molecule has 0 heterocycles. The molecule has 0 bridgehead atoms. The number of halogens is 2. The van der Waals surface area contributed by atoms with E-state index < -0.39 is 11.7 Å². The van der Waals surface area contributed by atoms with Gasteiger partial charge in [-0.1, -0.05) is 11.6 Å². The summed E-state index contributed by atoms with van der Waals surface area (Å²) in [5, 5.41) is 3.02. The van der Waals surface area contributed by atoms with Crippen molar-refractivity contribution in [3.8, 4) is 5.75 Å². The Morgan fingerprint density at radius 2 is 2.10 bits per heavy atom. The van der Waals surface area contributed by atoms with Crippen LogP contribution in [0.15, 0.2) is 36.4 Å². The molecule has 110 valence electrons. The summed E-state index contributed by atoms with van der Waals surface area (Å²) in [4.78, 5) is 12.1. The van der Waals surface area contributed by atoms with Gasteiger partial charge < -0.3 is 15.8 Å². The van der Waals surface area contributed by atoms with Crippen molar-refractivity contribution in [3.63, 3.8) is 0 Å². The standard InChI is InChI=1S/C15H14ClFN2O2/c1-2-21-14-6-3-9(16)7-13(14)19-15(20)11-5-4-10(18)8-12(11)17/h3-8H,2,18H2,1H3,(H,19,20). The van der Waals surface area contributed by atoms with Crippen LogP contribution in [-0.4, -0.2) is 12.5 Å². The lowest BCUT2D eigenvalue weighted by atomic mass is 10.1. The highest BCUT2D eigenvalue weighted by molar-refractivity contribution is 6.31. The van der Waals surface area contributed by atoms with Crippen molar-refractivity contribution in [2.24, 2.45) is 0 Å². The van der Waals surface area contributed by atoms with E-state index in [9.17, 15) is 9.18 Å². The van der Waals surface area contributed by atoms with Crippen molar-refractivity contribution >= 4 is 28.9 Å². The molecule has 0 saturated heterocycles. The second kappa shape index (κ2) is 6.45. The molecule has 0 aliphatic rings. The molecule has 0 saturated carbocycles. The molecule has 6 heteroatoms. The zero-order chi connectivity index (χ0) is 15.4. The third kappa shape index (κ3) is 3.64. The van der Waals surface area contributed by atoms with Gasteiger partial charge in [-0.3, -0.25) is 4.79 Å². The normalized spacial score (nSPS) is 10.2. The van der Waals surface area contributed by atoms with Crippen LogP contribution < -0.4 is 15.8 Å². The van der Waals surface area contributed by atoms with Gasteiger partial charge in [-0.15, -0.1) is 0 Å². The number of hydrogen-bond donors (Lipinski definition) is 2. The molecule has 2 aromatic carbocycles. The predicted octanol–water partition coefficient (Wildman–Crippen LogP) is 3.71. The molecule has 0 aliphatic heterocycles. The molecule has 2 rings (SSSR count). The number of nitrogens with two attached hydrogens (primary N) is 1. The van der Waals surface area contributed by atoms with E-state index in [1.807, 2.05) is 6.92 Å². The van der Waals surface area contributed by atoms with Crippen molar-refractivity contribution in [3.05, 3.63) is 52.8 Å². The van der Waals surface area contributed by atoms with E-state index in [0.717, 1.165) is 6.07 Å². The van der Waals surface area contributed by atoms with Crippen LogP contribution in [0.2, 0.25) is 5.02 Å². The zero-order valence-corrected chi connectivity index (χ0v) is 12.1. The van der Waals surface area contributed by atoms with E-state index in [1.165, 1.54) is 12.1 Å². The summed E-state index contributed by atoms with van der Waals surface area (Å²) < 4.78 is 19.1. The van der Waals surface area contributed by atoms with Gasteiger partial charge in [0.2, 0.25) is 0 Å².